The zero-order chi connectivity index (χ0) is 15.8. The number of hydrogen-bond donors (Lipinski definition) is 2. The molecule has 1 amide bonds. The van der Waals surface area contributed by atoms with Crippen LogP contribution in [0.5, 0.6) is 11.5 Å². The number of carbonyl (C=O) groups excluding carboxylic acids is 1. The van der Waals surface area contributed by atoms with Gasteiger partial charge in [0.25, 0.3) is 5.91 Å². The van der Waals surface area contributed by atoms with Crippen LogP contribution in [0.15, 0.2) is 18.2 Å². The van der Waals surface area contributed by atoms with Crippen LogP contribution in [0.25, 0.3) is 0 Å². The minimum absolute atomic E-state index is 0.0561. The van der Waals surface area contributed by atoms with Crippen LogP contribution in [0, 0.1) is 5.92 Å². The second kappa shape index (κ2) is 6.02. The number of rotatable bonds is 3. The Hall–Kier alpha value is -1.79. The maximum atomic E-state index is 12.5. The Morgan fingerprint density at radius 1 is 1.30 bits per heavy atom. The first kappa shape index (κ1) is 14.8. The van der Waals surface area contributed by atoms with Gasteiger partial charge in [-0.05, 0) is 50.0 Å². The zero-order valence-electron chi connectivity index (χ0n) is 13.0. The molecule has 2 atom stereocenters. The first-order valence-electron chi connectivity index (χ1n) is 8.30. The molecule has 23 heavy (non-hydrogen) atoms. The number of fused-ring (bicyclic) bond motifs is 4. The minimum atomic E-state index is -0.339. The van der Waals surface area contributed by atoms with Gasteiger partial charge in [-0.15, -0.1) is 0 Å². The second-order valence-electron chi connectivity index (χ2n) is 6.61. The van der Waals surface area contributed by atoms with Crippen molar-refractivity contribution in [3.05, 3.63) is 23.8 Å². The number of aliphatic hydroxyl groups is 1. The van der Waals surface area contributed by atoms with Gasteiger partial charge in [-0.2, -0.15) is 0 Å². The van der Waals surface area contributed by atoms with Crippen molar-refractivity contribution in [2.45, 2.75) is 25.0 Å². The number of aliphatic hydroxyl groups excluding tert-OH is 1. The minimum Gasteiger partial charge on any atom is -0.486 e. The van der Waals surface area contributed by atoms with Crippen LogP contribution in [0.2, 0.25) is 0 Å². The molecule has 0 saturated carbocycles. The van der Waals surface area contributed by atoms with Crippen LogP contribution in [0.4, 0.5) is 0 Å². The van der Waals surface area contributed by atoms with Gasteiger partial charge in [0, 0.05) is 18.2 Å². The lowest BCUT2D eigenvalue weighted by molar-refractivity contribution is 0.0454. The van der Waals surface area contributed by atoms with Crippen molar-refractivity contribution in [3.8, 4) is 11.5 Å². The Morgan fingerprint density at radius 3 is 2.83 bits per heavy atom. The molecule has 0 aliphatic carbocycles. The topological polar surface area (TPSA) is 71.0 Å². The van der Waals surface area contributed by atoms with E-state index >= 15 is 0 Å². The maximum absolute atomic E-state index is 12.5. The Kier molecular flexibility index (Phi) is 3.87. The number of hydrogen-bond acceptors (Lipinski definition) is 5. The van der Waals surface area contributed by atoms with E-state index in [1.807, 2.05) is 0 Å². The number of nitrogens with zero attached hydrogens (tertiary/aromatic N) is 1. The van der Waals surface area contributed by atoms with Crippen molar-refractivity contribution >= 4 is 5.91 Å². The number of benzene rings is 1. The molecule has 1 aromatic rings. The summed E-state index contributed by atoms with van der Waals surface area (Å²) in [5.41, 5.74) is 0.589. The zero-order valence-corrected chi connectivity index (χ0v) is 13.0. The van der Waals surface area contributed by atoms with Crippen LogP contribution in [0.1, 0.15) is 23.2 Å². The molecule has 3 saturated heterocycles. The molecule has 0 spiro atoms. The van der Waals surface area contributed by atoms with E-state index in [1.165, 1.54) is 12.8 Å². The number of nitrogens with one attached hydrogen (secondary N) is 1. The Morgan fingerprint density at radius 2 is 2.13 bits per heavy atom. The lowest BCUT2D eigenvalue weighted by Crippen LogP contribution is -2.57. The molecule has 1 aromatic carbocycles. The highest BCUT2D eigenvalue weighted by molar-refractivity contribution is 5.95. The predicted octanol–water partition coefficient (Wildman–Crippen LogP) is 0.643. The van der Waals surface area contributed by atoms with Crippen molar-refractivity contribution in [1.29, 1.82) is 0 Å². The van der Waals surface area contributed by atoms with Crippen molar-refractivity contribution < 1.29 is 19.4 Å². The van der Waals surface area contributed by atoms with Gasteiger partial charge in [-0.1, -0.05) is 0 Å². The van der Waals surface area contributed by atoms with Crippen molar-refractivity contribution in [1.82, 2.24) is 10.2 Å². The summed E-state index contributed by atoms with van der Waals surface area (Å²) >= 11 is 0. The van der Waals surface area contributed by atoms with Crippen molar-refractivity contribution in [2.75, 3.05) is 32.8 Å². The molecule has 4 aliphatic heterocycles. The fourth-order valence-electron chi connectivity index (χ4n) is 3.73. The van der Waals surface area contributed by atoms with E-state index in [0.717, 1.165) is 19.6 Å². The van der Waals surface area contributed by atoms with Crippen LogP contribution >= 0.6 is 0 Å². The largest absolute Gasteiger partial charge is 0.486 e. The quantitative estimate of drug-likeness (QED) is 0.856. The molecular weight excluding hydrogens is 296 g/mol. The Labute approximate surface area is 135 Å². The maximum Gasteiger partial charge on any atom is 0.251 e. The van der Waals surface area contributed by atoms with Crippen molar-refractivity contribution in [2.24, 2.45) is 5.92 Å². The first-order valence-corrected chi connectivity index (χ1v) is 8.30. The predicted molar refractivity (Wildman–Crippen MR) is 83.9 cm³/mol. The van der Waals surface area contributed by atoms with E-state index in [0.29, 0.717) is 29.6 Å². The highest BCUT2D eigenvalue weighted by Crippen LogP contribution is 2.33. The van der Waals surface area contributed by atoms with Gasteiger partial charge >= 0.3 is 0 Å². The third-order valence-electron chi connectivity index (χ3n) is 5.10. The normalized spacial score (nSPS) is 31.7. The molecule has 124 valence electrons. The molecule has 0 unspecified atom stereocenters. The van der Waals surface area contributed by atoms with Crippen LogP contribution in [0.3, 0.4) is 0 Å². The highest BCUT2D eigenvalue weighted by atomic mass is 16.6. The third-order valence-corrected chi connectivity index (χ3v) is 5.10. The summed E-state index contributed by atoms with van der Waals surface area (Å²) in [6, 6.07) is 5.46. The molecule has 3 fully saturated rings. The van der Waals surface area contributed by atoms with Crippen molar-refractivity contribution in [3.63, 3.8) is 0 Å². The molecule has 6 heteroatoms. The Balaban J connectivity index is 1.45. The molecule has 2 bridgehead atoms. The van der Waals surface area contributed by atoms with E-state index in [4.69, 9.17) is 14.6 Å². The standard InChI is InChI=1S/C17H22N2O4/c20-9-13-10-22-16-7-12(1-2-15(16)23-13)17(21)18-14-8-19-5-3-11(14)4-6-19/h1-2,7,11,13-14,20H,3-6,8-10H2,(H,18,21)/t13-,14-/m0/s1. The summed E-state index contributed by atoms with van der Waals surface area (Å²) in [7, 11) is 0. The number of piperidine rings is 3. The fraction of sp³-hybridized carbons (Fsp3) is 0.588. The number of amides is 1. The smallest absolute Gasteiger partial charge is 0.251 e. The van der Waals surface area contributed by atoms with Gasteiger partial charge in [-0.25, -0.2) is 0 Å². The first-order chi connectivity index (χ1) is 11.2. The fourth-order valence-corrected chi connectivity index (χ4v) is 3.73. The highest BCUT2D eigenvalue weighted by Gasteiger charge is 2.35. The molecule has 0 radical (unpaired) electrons. The molecular formula is C17H22N2O4. The van der Waals surface area contributed by atoms with E-state index in [9.17, 15) is 4.79 Å². The van der Waals surface area contributed by atoms with E-state index in [2.05, 4.69) is 10.2 Å². The number of ether oxygens (including phenoxy) is 2. The summed E-state index contributed by atoms with van der Waals surface area (Å²) in [4.78, 5) is 14.9. The lowest BCUT2D eigenvalue weighted by atomic mass is 9.84. The third kappa shape index (κ3) is 2.88. The molecule has 0 aromatic heterocycles. The van der Waals surface area contributed by atoms with Gasteiger partial charge < -0.3 is 24.8 Å². The van der Waals surface area contributed by atoms with Crippen LogP contribution in [-0.2, 0) is 0 Å². The van der Waals surface area contributed by atoms with E-state index in [1.54, 1.807) is 18.2 Å². The number of carbonyl (C=O) groups is 1. The molecule has 2 N–H and O–H groups in total. The summed E-state index contributed by atoms with van der Waals surface area (Å²) in [5, 5.41) is 12.3. The summed E-state index contributed by atoms with van der Waals surface area (Å²) in [6.45, 7) is 3.49. The second-order valence-corrected chi connectivity index (χ2v) is 6.61. The molecule has 4 aliphatic rings. The average molecular weight is 318 g/mol. The van der Waals surface area contributed by atoms with Crippen LogP contribution in [-0.4, -0.2) is 60.9 Å². The summed E-state index contributed by atoms with van der Waals surface area (Å²) in [5.74, 6) is 1.69. The summed E-state index contributed by atoms with van der Waals surface area (Å²) < 4.78 is 11.2. The SMILES string of the molecule is O=C(N[C@H]1CN2CCC1CC2)c1ccc2c(c1)OC[C@H](CO)O2. The average Bonchev–Trinajstić information content (AvgIpc) is 2.61. The van der Waals surface area contributed by atoms with E-state index < -0.39 is 0 Å². The molecule has 6 nitrogen and oxygen atoms in total. The van der Waals surface area contributed by atoms with Crippen LogP contribution < -0.4 is 14.8 Å². The van der Waals surface area contributed by atoms with Gasteiger partial charge in [0.1, 0.15) is 6.61 Å². The van der Waals surface area contributed by atoms with Gasteiger partial charge in [-0.3, -0.25) is 4.79 Å². The lowest BCUT2D eigenvalue weighted by Gasteiger charge is -2.44. The Bertz CT molecular complexity index is 598. The van der Waals surface area contributed by atoms with Gasteiger partial charge in [0.2, 0.25) is 0 Å². The monoisotopic (exact) mass is 318 g/mol. The van der Waals surface area contributed by atoms with E-state index in [-0.39, 0.29) is 24.7 Å². The van der Waals surface area contributed by atoms with Gasteiger partial charge in [0.15, 0.2) is 17.6 Å². The van der Waals surface area contributed by atoms with Gasteiger partial charge in [0.05, 0.1) is 6.61 Å². The molecule has 5 rings (SSSR count). The summed E-state index contributed by atoms with van der Waals surface area (Å²) in [6.07, 6.45) is 2.01. The molecule has 4 heterocycles.